The SMILES string of the molecule is CCOC(=O)C1=C(C)NC2=C(C(=O)[C@@H](C(=O)OCC)[C@H](c3cccc(OC)c3)C2)[C@@H]1c1ccccc1OC. The van der Waals surface area contributed by atoms with Crippen LogP contribution in [0.3, 0.4) is 0 Å². The highest BCUT2D eigenvalue weighted by Gasteiger charge is 2.49. The Kier molecular flexibility index (Phi) is 8.20. The van der Waals surface area contributed by atoms with E-state index in [1.165, 1.54) is 0 Å². The Morgan fingerprint density at radius 3 is 2.39 bits per heavy atom. The fraction of sp³-hybridized carbons (Fsp3) is 0.367. The lowest BCUT2D eigenvalue weighted by Crippen LogP contribution is -2.43. The lowest BCUT2D eigenvalue weighted by atomic mass is 9.67. The van der Waals surface area contributed by atoms with Crippen molar-refractivity contribution in [1.82, 2.24) is 5.32 Å². The molecule has 3 atom stereocenters. The maximum atomic E-state index is 14.4. The van der Waals surface area contributed by atoms with Crippen molar-refractivity contribution in [1.29, 1.82) is 0 Å². The van der Waals surface area contributed by atoms with E-state index in [0.29, 0.717) is 46.0 Å². The van der Waals surface area contributed by atoms with Crippen molar-refractivity contribution in [3.63, 3.8) is 0 Å². The average Bonchev–Trinajstić information content (AvgIpc) is 2.92. The van der Waals surface area contributed by atoms with Gasteiger partial charge in [0.05, 0.1) is 38.9 Å². The summed E-state index contributed by atoms with van der Waals surface area (Å²) in [5, 5.41) is 3.31. The van der Waals surface area contributed by atoms with Crippen LogP contribution < -0.4 is 14.8 Å². The molecule has 0 spiro atoms. The number of methoxy groups -OCH3 is 2. The van der Waals surface area contributed by atoms with Crippen LogP contribution >= 0.6 is 0 Å². The van der Waals surface area contributed by atoms with Crippen LogP contribution in [0.5, 0.6) is 11.5 Å². The molecule has 2 aromatic carbocycles. The second kappa shape index (κ2) is 11.5. The molecule has 0 radical (unpaired) electrons. The van der Waals surface area contributed by atoms with Gasteiger partial charge >= 0.3 is 11.9 Å². The minimum atomic E-state index is -1.10. The number of para-hydroxylation sites is 1. The molecule has 8 nitrogen and oxygen atoms in total. The lowest BCUT2D eigenvalue weighted by molar-refractivity contribution is -0.152. The first-order valence-corrected chi connectivity index (χ1v) is 12.7. The number of carbonyl (C=O) groups excluding carboxylic acids is 3. The molecule has 0 saturated carbocycles. The molecule has 2 aliphatic rings. The first kappa shape index (κ1) is 27.0. The second-order valence-electron chi connectivity index (χ2n) is 9.13. The van der Waals surface area contributed by atoms with Crippen molar-refractivity contribution in [3.8, 4) is 11.5 Å². The third-order valence-electron chi connectivity index (χ3n) is 7.03. The molecule has 38 heavy (non-hydrogen) atoms. The van der Waals surface area contributed by atoms with E-state index in [4.69, 9.17) is 18.9 Å². The van der Waals surface area contributed by atoms with Gasteiger partial charge in [0.15, 0.2) is 5.78 Å². The molecule has 200 valence electrons. The monoisotopic (exact) mass is 519 g/mol. The highest BCUT2D eigenvalue weighted by atomic mass is 16.5. The second-order valence-corrected chi connectivity index (χ2v) is 9.13. The Labute approximate surface area is 222 Å². The largest absolute Gasteiger partial charge is 0.497 e. The van der Waals surface area contributed by atoms with E-state index in [9.17, 15) is 14.4 Å². The molecule has 1 N–H and O–H groups in total. The number of carbonyl (C=O) groups is 3. The average molecular weight is 520 g/mol. The van der Waals surface area contributed by atoms with Gasteiger partial charge in [0.2, 0.25) is 0 Å². The normalized spacial score (nSPS) is 20.9. The zero-order valence-corrected chi connectivity index (χ0v) is 22.3. The number of allylic oxidation sites excluding steroid dienone is 3. The predicted octanol–water partition coefficient (Wildman–Crippen LogP) is 4.42. The van der Waals surface area contributed by atoms with Gasteiger partial charge in [0.25, 0.3) is 0 Å². The van der Waals surface area contributed by atoms with Crippen LogP contribution in [-0.4, -0.2) is 45.2 Å². The zero-order valence-electron chi connectivity index (χ0n) is 22.3. The van der Waals surface area contributed by atoms with Crippen LogP contribution in [0.25, 0.3) is 0 Å². The predicted molar refractivity (Wildman–Crippen MR) is 141 cm³/mol. The number of dihydropyridines is 1. The van der Waals surface area contributed by atoms with Gasteiger partial charge in [-0.25, -0.2) is 4.79 Å². The molecule has 0 bridgehead atoms. The number of hydrogen-bond acceptors (Lipinski definition) is 8. The summed E-state index contributed by atoms with van der Waals surface area (Å²) < 4.78 is 21.8. The smallest absolute Gasteiger partial charge is 0.336 e. The molecule has 0 aromatic heterocycles. The Morgan fingerprint density at radius 2 is 1.71 bits per heavy atom. The molecule has 4 rings (SSSR count). The van der Waals surface area contributed by atoms with E-state index in [1.807, 2.05) is 42.5 Å². The minimum Gasteiger partial charge on any atom is -0.497 e. The molecule has 8 heteroatoms. The third kappa shape index (κ3) is 4.90. The molecule has 0 saturated heterocycles. The van der Waals surface area contributed by atoms with E-state index < -0.39 is 35.5 Å². The fourth-order valence-corrected chi connectivity index (χ4v) is 5.42. The Bertz CT molecular complexity index is 1310. The summed E-state index contributed by atoms with van der Waals surface area (Å²) in [5.74, 6) is -2.74. The molecule has 0 fully saturated rings. The van der Waals surface area contributed by atoms with Gasteiger partial charge in [-0.15, -0.1) is 0 Å². The molecular weight excluding hydrogens is 486 g/mol. The summed E-state index contributed by atoms with van der Waals surface area (Å²) >= 11 is 0. The van der Waals surface area contributed by atoms with Crippen LogP contribution in [0.15, 0.2) is 71.1 Å². The Morgan fingerprint density at radius 1 is 0.974 bits per heavy atom. The van der Waals surface area contributed by atoms with Crippen molar-refractivity contribution in [2.45, 2.75) is 39.0 Å². The van der Waals surface area contributed by atoms with Crippen molar-refractivity contribution in [2.24, 2.45) is 5.92 Å². The van der Waals surface area contributed by atoms with Crippen molar-refractivity contribution in [3.05, 3.63) is 82.2 Å². The number of benzene rings is 2. The first-order valence-electron chi connectivity index (χ1n) is 12.7. The maximum absolute atomic E-state index is 14.4. The van der Waals surface area contributed by atoms with Crippen LogP contribution in [-0.2, 0) is 23.9 Å². The summed E-state index contributed by atoms with van der Waals surface area (Å²) in [5.41, 5.74) is 3.33. The van der Waals surface area contributed by atoms with Gasteiger partial charge in [-0.05, 0) is 51.0 Å². The van der Waals surface area contributed by atoms with Crippen LogP contribution in [0.2, 0.25) is 0 Å². The van der Waals surface area contributed by atoms with Gasteiger partial charge in [-0.3, -0.25) is 9.59 Å². The van der Waals surface area contributed by atoms with E-state index in [2.05, 4.69) is 5.32 Å². The fourth-order valence-electron chi connectivity index (χ4n) is 5.42. The number of nitrogens with one attached hydrogen (secondary N) is 1. The molecule has 0 unspecified atom stereocenters. The summed E-state index contributed by atoms with van der Waals surface area (Å²) in [6, 6.07) is 14.6. The molecule has 0 amide bonds. The Hall–Kier alpha value is -4.07. The minimum absolute atomic E-state index is 0.140. The van der Waals surface area contributed by atoms with Crippen LogP contribution in [0, 0.1) is 5.92 Å². The molecule has 1 aliphatic heterocycles. The van der Waals surface area contributed by atoms with E-state index in [1.54, 1.807) is 41.1 Å². The summed E-state index contributed by atoms with van der Waals surface area (Å²) in [7, 11) is 3.11. The third-order valence-corrected chi connectivity index (χ3v) is 7.03. The van der Waals surface area contributed by atoms with Crippen molar-refractivity contribution < 1.29 is 33.3 Å². The van der Waals surface area contributed by atoms with Crippen molar-refractivity contribution in [2.75, 3.05) is 27.4 Å². The number of hydrogen-bond donors (Lipinski definition) is 1. The Balaban J connectivity index is 1.93. The zero-order chi connectivity index (χ0) is 27.4. The number of rotatable bonds is 8. The summed E-state index contributed by atoms with van der Waals surface area (Å²) in [6.45, 7) is 5.55. The van der Waals surface area contributed by atoms with E-state index >= 15 is 0 Å². The van der Waals surface area contributed by atoms with Gasteiger partial charge in [0, 0.05) is 28.4 Å². The van der Waals surface area contributed by atoms with Crippen molar-refractivity contribution >= 4 is 17.7 Å². The topological polar surface area (TPSA) is 100 Å². The van der Waals surface area contributed by atoms with Crippen LogP contribution in [0.4, 0.5) is 0 Å². The quantitative estimate of drug-likeness (QED) is 0.404. The number of ketones is 1. The number of Topliss-reactive ketones (excluding diaryl/α,β-unsaturated/α-hetero) is 1. The summed E-state index contributed by atoms with van der Waals surface area (Å²) in [6.07, 6.45) is 0.358. The summed E-state index contributed by atoms with van der Waals surface area (Å²) in [4.78, 5) is 41.0. The molecule has 1 heterocycles. The molecular formula is C30H33NO7. The van der Waals surface area contributed by atoms with E-state index in [0.717, 1.165) is 5.56 Å². The first-order chi connectivity index (χ1) is 18.4. The lowest BCUT2D eigenvalue weighted by Gasteiger charge is -2.39. The highest BCUT2D eigenvalue weighted by Crippen LogP contribution is 2.49. The van der Waals surface area contributed by atoms with E-state index in [-0.39, 0.29) is 13.2 Å². The van der Waals surface area contributed by atoms with Gasteiger partial charge in [0.1, 0.15) is 17.4 Å². The van der Waals surface area contributed by atoms with Gasteiger partial charge < -0.3 is 24.3 Å². The van der Waals surface area contributed by atoms with Gasteiger partial charge in [-0.1, -0.05) is 30.3 Å². The maximum Gasteiger partial charge on any atom is 0.336 e. The number of ether oxygens (including phenoxy) is 4. The molecule has 1 aliphatic carbocycles. The standard InChI is InChI=1S/C30H33NO7/c1-6-37-29(33)24-17(3)31-22-16-21(18-11-10-12-19(15-18)35-4)26(30(34)38-7-2)28(32)27(22)25(24)20-13-8-9-14-23(20)36-5/h8-15,21,25-26,31H,6-7,16H2,1-5H3/t21-,25+,26-/m0/s1. The highest BCUT2D eigenvalue weighted by molar-refractivity contribution is 6.13. The van der Waals surface area contributed by atoms with Gasteiger partial charge in [-0.2, -0.15) is 0 Å². The number of esters is 2. The molecule has 2 aromatic rings. The van der Waals surface area contributed by atoms with Crippen LogP contribution in [0.1, 0.15) is 50.2 Å².